The van der Waals surface area contributed by atoms with Gasteiger partial charge in [0.15, 0.2) is 0 Å². The Morgan fingerprint density at radius 3 is 2.50 bits per heavy atom. The molecule has 1 N–H and O–H groups in total. The van der Waals surface area contributed by atoms with E-state index in [1.165, 1.54) is 18.2 Å². The average molecular weight is 307 g/mol. The number of carbonyl (C=O) groups is 2. The smallest absolute Gasteiger partial charge is 0.245 e. The summed E-state index contributed by atoms with van der Waals surface area (Å²) < 4.78 is 13.2. The van der Waals surface area contributed by atoms with Crippen molar-refractivity contribution >= 4 is 39.3 Å². The minimum absolute atomic E-state index is 0.237. The topological polar surface area (TPSA) is 46.2 Å². The van der Waals surface area contributed by atoms with Crippen LogP contribution in [-0.2, 0) is 9.59 Å². The highest BCUT2D eigenvalue weighted by Gasteiger charge is 2.41. The molecule has 0 spiro atoms. The second kappa shape index (κ2) is 4.14. The average Bonchev–Trinajstić information content (AvgIpc) is 2.47. The summed E-state index contributed by atoms with van der Waals surface area (Å²) in [6, 6.07) is 4.12. The van der Waals surface area contributed by atoms with Crippen LogP contribution in [0.1, 0.15) is 11.5 Å². The maximum atomic E-state index is 13.0. The molecule has 16 heavy (non-hydrogen) atoms. The number of amides is 2. The van der Waals surface area contributed by atoms with E-state index in [1.807, 2.05) is 0 Å². The van der Waals surface area contributed by atoms with Gasteiger partial charge in [0.05, 0.1) is 10.4 Å². The molecule has 0 aromatic heterocycles. The molecule has 2 atom stereocenters. The summed E-state index contributed by atoms with van der Waals surface area (Å²) in [5.74, 6) is -2.16. The van der Waals surface area contributed by atoms with E-state index in [4.69, 9.17) is 11.6 Å². The van der Waals surface area contributed by atoms with Gasteiger partial charge in [-0.2, -0.15) is 0 Å². The van der Waals surface area contributed by atoms with E-state index in [1.54, 1.807) is 0 Å². The zero-order chi connectivity index (χ0) is 11.9. The summed E-state index contributed by atoms with van der Waals surface area (Å²) in [7, 11) is 0. The van der Waals surface area contributed by atoms with Crippen LogP contribution in [0.2, 0.25) is 0 Å². The highest BCUT2D eigenvalue weighted by molar-refractivity contribution is 9.10. The van der Waals surface area contributed by atoms with Crippen LogP contribution < -0.4 is 5.32 Å². The maximum absolute atomic E-state index is 13.0. The first-order valence-corrected chi connectivity index (χ1v) is 5.67. The molecule has 1 aromatic carbocycles. The van der Waals surface area contributed by atoms with Gasteiger partial charge in [0, 0.05) is 0 Å². The number of benzene rings is 1. The largest absolute Gasteiger partial charge is 0.295 e. The fraction of sp³-hybridized carbons (Fsp3) is 0.200. The van der Waals surface area contributed by atoms with Gasteiger partial charge in [0.2, 0.25) is 11.8 Å². The Kier molecular flexibility index (Phi) is 2.99. The second-order valence-electron chi connectivity index (χ2n) is 3.41. The van der Waals surface area contributed by atoms with Crippen molar-refractivity contribution in [1.29, 1.82) is 0 Å². The van der Waals surface area contributed by atoms with Crippen molar-refractivity contribution < 1.29 is 14.0 Å². The fourth-order valence-electron chi connectivity index (χ4n) is 1.58. The number of imide groups is 1. The number of alkyl halides is 1. The highest BCUT2D eigenvalue weighted by Crippen LogP contribution is 2.31. The molecule has 1 aliphatic heterocycles. The Balaban J connectivity index is 2.40. The van der Waals surface area contributed by atoms with Gasteiger partial charge >= 0.3 is 0 Å². The number of hydrogen-bond acceptors (Lipinski definition) is 2. The zero-order valence-electron chi connectivity index (χ0n) is 7.84. The van der Waals surface area contributed by atoms with Crippen LogP contribution in [0.4, 0.5) is 4.39 Å². The molecule has 84 valence electrons. The number of rotatable bonds is 1. The van der Waals surface area contributed by atoms with Crippen molar-refractivity contribution in [3.8, 4) is 0 Å². The third kappa shape index (κ3) is 1.85. The Morgan fingerprint density at radius 1 is 1.31 bits per heavy atom. The van der Waals surface area contributed by atoms with Crippen molar-refractivity contribution in [2.24, 2.45) is 0 Å². The van der Waals surface area contributed by atoms with Crippen LogP contribution in [-0.4, -0.2) is 17.2 Å². The van der Waals surface area contributed by atoms with E-state index < -0.39 is 28.9 Å². The Labute approximate surface area is 104 Å². The summed E-state index contributed by atoms with van der Waals surface area (Å²) in [5, 5.41) is 1.19. The zero-order valence-corrected chi connectivity index (χ0v) is 10.2. The van der Waals surface area contributed by atoms with E-state index in [9.17, 15) is 14.0 Å². The summed E-state index contributed by atoms with van der Waals surface area (Å²) in [4.78, 5) is 22.6. The van der Waals surface area contributed by atoms with Crippen molar-refractivity contribution in [2.45, 2.75) is 11.3 Å². The first-order chi connectivity index (χ1) is 7.50. The second-order valence-corrected chi connectivity index (χ2v) is 4.73. The molecule has 2 rings (SSSR count). The molecule has 0 saturated carbocycles. The third-order valence-corrected chi connectivity index (χ3v) is 3.43. The van der Waals surface area contributed by atoms with Crippen LogP contribution >= 0.6 is 27.5 Å². The number of halogens is 3. The van der Waals surface area contributed by atoms with E-state index in [-0.39, 0.29) is 4.47 Å². The lowest BCUT2D eigenvalue weighted by Gasteiger charge is -2.10. The van der Waals surface area contributed by atoms with E-state index >= 15 is 0 Å². The lowest BCUT2D eigenvalue weighted by Crippen LogP contribution is -2.22. The molecule has 1 heterocycles. The minimum atomic E-state index is -0.940. The molecule has 0 radical (unpaired) electrons. The van der Waals surface area contributed by atoms with Crippen LogP contribution in [0.3, 0.4) is 0 Å². The van der Waals surface area contributed by atoms with Crippen molar-refractivity contribution in [3.05, 3.63) is 34.1 Å². The van der Waals surface area contributed by atoms with E-state index in [0.717, 1.165) is 0 Å². The summed E-state index contributed by atoms with van der Waals surface area (Å²) in [6.07, 6.45) is 0. The van der Waals surface area contributed by atoms with Gasteiger partial charge in [0.1, 0.15) is 11.2 Å². The predicted molar refractivity (Wildman–Crippen MR) is 59.6 cm³/mol. The van der Waals surface area contributed by atoms with Crippen LogP contribution in [0, 0.1) is 5.82 Å². The lowest BCUT2D eigenvalue weighted by molar-refractivity contribution is -0.125. The van der Waals surface area contributed by atoms with E-state index in [0.29, 0.717) is 5.56 Å². The molecule has 1 aromatic rings. The SMILES string of the molecule is O=C1NC(=O)C(c2ccc(F)c(Br)c2)C1Cl. The van der Waals surface area contributed by atoms with Gasteiger partial charge < -0.3 is 0 Å². The summed E-state index contributed by atoms with van der Waals surface area (Å²) >= 11 is 8.82. The van der Waals surface area contributed by atoms with Gasteiger partial charge in [-0.3, -0.25) is 14.9 Å². The first-order valence-electron chi connectivity index (χ1n) is 4.44. The molecular formula is C10H6BrClFNO2. The van der Waals surface area contributed by atoms with Crippen LogP contribution in [0.15, 0.2) is 22.7 Å². The molecule has 3 nitrogen and oxygen atoms in total. The van der Waals surface area contributed by atoms with Crippen molar-refractivity contribution in [1.82, 2.24) is 5.32 Å². The monoisotopic (exact) mass is 305 g/mol. The number of carbonyl (C=O) groups excluding carboxylic acids is 2. The first kappa shape index (κ1) is 11.5. The molecule has 1 aliphatic rings. The molecule has 6 heteroatoms. The van der Waals surface area contributed by atoms with Gasteiger partial charge in [-0.15, -0.1) is 11.6 Å². The normalized spacial score (nSPS) is 24.7. The van der Waals surface area contributed by atoms with Gasteiger partial charge in [0.25, 0.3) is 0 Å². The number of nitrogens with one attached hydrogen (secondary N) is 1. The molecule has 2 amide bonds. The van der Waals surface area contributed by atoms with Gasteiger partial charge in [-0.05, 0) is 33.6 Å². The highest BCUT2D eigenvalue weighted by atomic mass is 79.9. The quantitative estimate of drug-likeness (QED) is 0.636. The van der Waals surface area contributed by atoms with Crippen molar-refractivity contribution in [2.75, 3.05) is 0 Å². The number of hydrogen-bond donors (Lipinski definition) is 1. The molecular weight excluding hydrogens is 300 g/mol. The van der Waals surface area contributed by atoms with Crippen LogP contribution in [0.5, 0.6) is 0 Å². The van der Waals surface area contributed by atoms with Crippen molar-refractivity contribution in [3.63, 3.8) is 0 Å². The van der Waals surface area contributed by atoms with Gasteiger partial charge in [-0.25, -0.2) is 4.39 Å². The fourth-order valence-corrected chi connectivity index (χ4v) is 2.29. The molecule has 1 fully saturated rings. The molecule has 1 saturated heterocycles. The summed E-state index contributed by atoms with van der Waals surface area (Å²) in [5.41, 5.74) is 0.511. The molecule has 0 bridgehead atoms. The Morgan fingerprint density at radius 2 is 2.00 bits per heavy atom. The maximum Gasteiger partial charge on any atom is 0.245 e. The predicted octanol–water partition coefficient (Wildman–Crippen LogP) is 1.94. The molecule has 0 aliphatic carbocycles. The Bertz CT molecular complexity index is 480. The Hall–Kier alpha value is -0.940. The van der Waals surface area contributed by atoms with Gasteiger partial charge in [-0.1, -0.05) is 6.07 Å². The molecule has 2 unspecified atom stereocenters. The van der Waals surface area contributed by atoms with Crippen LogP contribution in [0.25, 0.3) is 0 Å². The summed E-state index contributed by atoms with van der Waals surface area (Å²) in [6.45, 7) is 0. The standard InChI is InChI=1S/C10H6BrClFNO2/c11-5-3-4(1-2-6(5)13)7-8(12)10(16)14-9(7)15/h1-3,7-8H,(H,14,15,16). The lowest BCUT2D eigenvalue weighted by atomic mass is 9.97. The minimum Gasteiger partial charge on any atom is -0.295 e. The third-order valence-electron chi connectivity index (χ3n) is 2.37. The van der Waals surface area contributed by atoms with E-state index in [2.05, 4.69) is 21.2 Å².